The second-order valence-corrected chi connectivity index (χ2v) is 3.71. The maximum Gasteiger partial charge on any atom is 0.271 e. The van der Waals surface area contributed by atoms with Crippen molar-refractivity contribution in [2.24, 2.45) is 0 Å². The SMILES string of the molecule is CNc1cncc(C(=O)NCc2ccccc2)n1. The highest BCUT2D eigenvalue weighted by Crippen LogP contribution is 2.02. The zero-order chi connectivity index (χ0) is 12.8. The van der Waals surface area contributed by atoms with Crippen LogP contribution in [0.4, 0.5) is 5.82 Å². The first-order valence-electron chi connectivity index (χ1n) is 5.61. The van der Waals surface area contributed by atoms with Crippen LogP contribution in [0.15, 0.2) is 42.7 Å². The van der Waals surface area contributed by atoms with Gasteiger partial charge < -0.3 is 10.6 Å². The van der Waals surface area contributed by atoms with Crippen molar-refractivity contribution < 1.29 is 4.79 Å². The van der Waals surface area contributed by atoms with Crippen molar-refractivity contribution in [2.45, 2.75) is 6.54 Å². The summed E-state index contributed by atoms with van der Waals surface area (Å²) in [6.07, 6.45) is 3.01. The Balaban J connectivity index is 1.99. The minimum Gasteiger partial charge on any atom is -0.372 e. The van der Waals surface area contributed by atoms with E-state index in [4.69, 9.17) is 0 Å². The van der Waals surface area contributed by atoms with Crippen molar-refractivity contribution in [3.63, 3.8) is 0 Å². The summed E-state index contributed by atoms with van der Waals surface area (Å²) in [6.45, 7) is 0.477. The van der Waals surface area contributed by atoms with Gasteiger partial charge in [0.25, 0.3) is 5.91 Å². The van der Waals surface area contributed by atoms with Gasteiger partial charge in [-0.25, -0.2) is 4.98 Å². The van der Waals surface area contributed by atoms with E-state index in [9.17, 15) is 4.79 Å². The van der Waals surface area contributed by atoms with Crippen LogP contribution in [-0.4, -0.2) is 22.9 Å². The quantitative estimate of drug-likeness (QED) is 0.851. The third kappa shape index (κ3) is 3.04. The fourth-order valence-electron chi connectivity index (χ4n) is 1.46. The van der Waals surface area contributed by atoms with Gasteiger partial charge in [0.05, 0.1) is 12.4 Å². The molecule has 0 aliphatic rings. The molecule has 2 rings (SSSR count). The van der Waals surface area contributed by atoms with Gasteiger partial charge in [0, 0.05) is 13.6 Å². The fourth-order valence-corrected chi connectivity index (χ4v) is 1.46. The number of rotatable bonds is 4. The Bertz CT molecular complexity index is 528. The monoisotopic (exact) mass is 242 g/mol. The summed E-state index contributed by atoms with van der Waals surface area (Å²) in [5, 5.41) is 5.64. The van der Waals surface area contributed by atoms with Crippen molar-refractivity contribution in [3.05, 3.63) is 54.0 Å². The molecule has 5 heteroatoms. The fraction of sp³-hybridized carbons (Fsp3) is 0.154. The second kappa shape index (κ2) is 5.77. The Kier molecular flexibility index (Phi) is 3.86. The van der Waals surface area contributed by atoms with Crippen LogP contribution < -0.4 is 10.6 Å². The Hall–Kier alpha value is -2.43. The second-order valence-electron chi connectivity index (χ2n) is 3.71. The molecule has 0 bridgehead atoms. The summed E-state index contributed by atoms with van der Waals surface area (Å²) in [7, 11) is 1.73. The van der Waals surface area contributed by atoms with Gasteiger partial charge in [-0.3, -0.25) is 9.78 Å². The van der Waals surface area contributed by atoms with Gasteiger partial charge in [-0.05, 0) is 5.56 Å². The molecule has 18 heavy (non-hydrogen) atoms. The third-order valence-corrected chi connectivity index (χ3v) is 2.42. The van der Waals surface area contributed by atoms with Gasteiger partial charge in [-0.15, -0.1) is 0 Å². The van der Waals surface area contributed by atoms with Gasteiger partial charge in [-0.2, -0.15) is 0 Å². The standard InChI is InChI=1S/C13H14N4O/c1-14-12-9-15-8-11(17-12)13(18)16-7-10-5-3-2-4-6-10/h2-6,8-9H,7H2,1H3,(H,14,17)(H,16,18). The summed E-state index contributed by atoms with van der Waals surface area (Å²) in [5.74, 6) is 0.339. The molecule has 1 heterocycles. The minimum absolute atomic E-state index is 0.233. The molecule has 1 aromatic carbocycles. The van der Waals surface area contributed by atoms with Crippen LogP contribution in [0, 0.1) is 0 Å². The van der Waals surface area contributed by atoms with E-state index in [-0.39, 0.29) is 5.91 Å². The van der Waals surface area contributed by atoms with Crippen LogP contribution in [-0.2, 0) is 6.54 Å². The van der Waals surface area contributed by atoms with Crippen LogP contribution in [0.25, 0.3) is 0 Å². The smallest absolute Gasteiger partial charge is 0.271 e. The van der Waals surface area contributed by atoms with Gasteiger partial charge in [0.15, 0.2) is 0 Å². The average molecular weight is 242 g/mol. The molecule has 1 aromatic heterocycles. The number of amides is 1. The molecule has 0 aliphatic carbocycles. The van der Waals surface area contributed by atoms with E-state index in [0.717, 1.165) is 5.56 Å². The van der Waals surface area contributed by atoms with Crippen molar-refractivity contribution in [3.8, 4) is 0 Å². The molecule has 0 saturated heterocycles. The van der Waals surface area contributed by atoms with E-state index in [1.165, 1.54) is 6.20 Å². The Morgan fingerprint density at radius 2 is 2.00 bits per heavy atom. The first-order chi connectivity index (χ1) is 8.79. The number of benzene rings is 1. The normalized spacial score (nSPS) is 9.83. The van der Waals surface area contributed by atoms with Crippen LogP contribution in [0.2, 0.25) is 0 Å². The lowest BCUT2D eigenvalue weighted by Crippen LogP contribution is -2.24. The van der Waals surface area contributed by atoms with Crippen LogP contribution >= 0.6 is 0 Å². The number of aromatic nitrogens is 2. The lowest BCUT2D eigenvalue weighted by Gasteiger charge is -2.05. The number of anilines is 1. The minimum atomic E-state index is -0.233. The highest BCUT2D eigenvalue weighted by Gasteiger charge is 2.07. The number of nitrogens with one attached hydrogen (secondary N) is 2. The molecule has 2 N–H and O–H groups in total. The number of hydrogen-bond acceptors (Lipinski definition) is 4. The van der Waals surface area contributed by atoms with Gasteiger partial charge >= 0.3 is 0 Å². The maximum atomic E-state index is 11.8. The largest absolute Gasteiger partial charge is 0.372 e. The molecule has 0 atom stereocenters. The average Bonchev–Trinajstić information content (AvgIpc) is 2.46. The number of hydrogen-bond donors (Lipinski definition) is 2. The molecule has 92 valence electrons. The van der Waals surface area contributed by atoms with E-state index >= 15 is 0 Å². The van der Waals surface area contributed by atoms with Crippen molar-refractivity contribution in [1.82, 2.24) is 15.3 Å². The molecule has 0 saturated carbocycles. The van der Waals surface area contributed by atoms with E-state index in [1.54, 1.807) is 13.2 Å². The van der Waals surface area contributed by atoms with Crippen LogP contribution in [0.1, 0.15) is 16.1 Å². The lowest BCUT2D eigenvalue weighted by atomic mass is 10.2. The van der Waals surface area contributed by atoms with E-state index in [0.29, 0.717) is 18.1 Å². The van der Waals surface area contributed by atoms with Crippen LogP contribution in [0.5, 0.6) is 0 Å². The Morgan fingerprint density at radius 1 is 1.22 bits per heavy atom. The van der Waals surface area contributed by atoms with E-state index < -0.39 is 0 Å². The lowest BCUT2D eigenvalue weighted by molar-refractivity contribution is 0.0945. The summed E-state index contributed by atoms with van der Waals surface area (Å²) >= 11 is 0. The summed E-state index contributed by atoms with van der Waals surface area (Å²) in [5.41, 5.74) is 1.35. The molecule has 2 aromatic rings. The van der Waals surface area contributed by atoms with Gasteiger partial charge in [-0.1, -0.05) is 30.3 Å². The topological polar surface area (TPSA) is 66.9 Å². The zero-order valence-electron chi connectivity index (χ0n) is 10.1. The molecule has 1 amide bonds. The molecule has 5 nitrogen and oxygen atoms in total. The Morgan fingerprint density at radius 3 is 2.72 bits per heavy atom. The van der Waals surface area contributed by atoms with Crippen molar-refractivity contribution >= 4 is 11.7 Å². The number of carbonyl (C=O) groups is 1. The third-order valence-electron chi connectivity index (χ3n) is 2.42. The van der Waals surface area contributed by atoms with Crippen molar-refractivity contribution in [2.75, 3.05) is 12.4 Å². The molecule has 0 fully saturated rings. The highest BCUT2D eigenvalue weighted by atomic mass is 16.1. The maximum absolute atomic E-state index is 11.8. The molecule has 0 radical (unpaired) electrons. The first kappa shape index (κ1) is 12.0. The van der Waals surface area contributed by atoms with Crippen LogP contribution in [0.3, 0.4) is 0 Å². The predicted octanol–water partition coefficient (Wildman–Crippen LogP) is 1.45. The van der Waals surface area contributed by atoms with E-state index in [2.05, 4.69) is 20.6 Å². The van der Waals surface area contributed by atoms with E-state index in [1.807, 2.05) is 30.3 Å². The summed E-state index contributed by atoms with van der Waals surface area (Å²) < 4.78 is 0. The Labute approximate surface area is 105 Å². The molecule has 0 spiro atoms. The molecular formula is C13H14N4O. The zero-order valence-corrected chi connectivity index (χ0v) is 10.1. The summed E-state index contributed by atoms with van der Waals surface area (Å²) in [4.78, 5) is 19.9. The van der Waals surface area contributed by atoms with Gasteiger partial charge in [0.2, 0.25) is 0 Å². The molecular weight excluding hydrogens is 228 g/mol. The molecule has 0 aliphatic heterocycles. The first-order valence-corrected chi connectivity index (χ1v) is 5.61. The predicted molar refractivity (Wildman–Crippen MR) is 69.2 cm³/mol. The highest BCUT2D eigenvalue weighted by molar-refractivity contribution is 5.92. The molecule has 0 unspecified atom stereocenters. The van der Waals surface area contributed by atoms with Crippen molar-refractivity contribution in [1.29, 1.82) is 0 Å². The summed E-state index contributed by atoms with van der Waals surface area (Å²) in [6, 6.07) is 9.71. The van der Waals surface area contributed by atoms with Gasteiger partial charge in [0.1, 0.15) is 11.5 Å². The number of carbonyl (C=O) groups excluding carboxylic acids is 1. The number of nitrogens with zero attached hydrogens (tertiary/aromatic N) is 2.